The van der Waals surface area contributed by atoms with Crippen molar-refractivity contribution >= 4 is 40.1 Å². The minimum absolute atomic E-state index is 0.0356. The van der Waals surface area contributed by atoms with Gasteiger partial charge in [0.2, 0.25) is 5.91 Å². The lowest BCUT2D eigenvalue weighted by atomic mass is 9.94. The third-order valence-electron chi connectivity index (χ3n) is 6.58. The molecule has 2 aliphatic heterocycles. The lowest BCUT2D eigenvalue weighted by Crippen LogP contribution is -2.41. The third kappa shape index (κ3) is 4.79. The number of carbonyl (C=O) groups excluding carboxylic acids is 4. The second-order valence-corrected chi connectivity index (χ2v) is 9.03. The zero-order valence-corrected chi connectivity index (χ0v) is 19.9. The number of hydrogen-bond donors (Lipinski definition) is 1. The van der Waals surface area contributed by atoms with Crippen LogP contribution < -0.4 is 10.1 Å². The number of likely N-dealkylation sites (tertiary alicyclic amines) is 1. The van der Waals surface area contributed by atoms with Crippen molar-refractivity contribution < 1.29 is 23.9 Å². The quantitative estimate of drug-likeness (QED) is 0.489. The summed E-state index contributed by atoms with van der Waals surface area (Å²) in [6.45, 7) is 1.66. The first-order valence-electron chi connectivity index (χ1n) is 12.2. The van der Waals surface area contributed by atoms with E-state index in [0.29, 0.717) is 34.4 Å². The van der Waals surface area contributed by atoms with Crippen LogP contribution in [0.4, 0.5) is 5.69 Å². The van der Waals surface area contributed by atoms with E-state index in [1.54, 1.807) is 53.4 Å². The smallest absolute Gasteiger partial charge is 0.261 e. The number of nitrogens with one attached hydrogen (secondary N) is 1. The van der Waals surface area contributed by atoms with Gasteiger partial charge in [0.15, 0.2) is 6.61 Å². The number of ether oxygens (including phenoxy) is 1. The highest BCUT2D eigenvalue weighted by atomic mass is 16.5. The SMILES string of the molecule is O=C(CCCN1C(=O)c2cccc3cccc(c23)C1=O)Nc1cccc(OCC(=O)N2CCCC2)c1. The molecule has 184 valence electrons. The van der Waals surface area contributed by atoms with Gasteiger partial charge in [0.25, 0.3) is 17.7 Å². The first kappa shape index (κ1) is 23.5. The average molecular weight is 486 g/mol. The van der Waals surface area contributed by atoms with Crippen molar-refractivity contribution in [2.24, 2.45) is 0 Å². The van der Waals surface area contributed by atoms with Gasteiger partial charge in [-0.2, -0.15) is 0 Å². The number of nitrogens with zero attached hydrogens (tertiary/aromatic N) is 2. The van der Waals surface area contributed by atoms with Crippen LogP contribution in [0.1, 0.15) is 46.4 Å². The maximum absolute atomic E-state index is 13.0. The largest absolute Gasteiger partial charge is 0.484 e. The van der Waals surface area contributed by atoms with E-state index in [9.17, 15) is 19.2 Å². The molecule has 0 saturated carbocycles. The number of imide groups is 1. The first-order valence-corrected chi connectivity index (χ1v) is 12.2. The zero-order valence-electron chi connectivity index (χ0n) is 19.9. The molecule has 0 aromatic heterocycles. The fraction of sp³-hybridized carbons (Fsp3) is 0.286. The van der Waals surface area contributed by atoms with E-state index in [4.69, 9.17) is 4.74 Å². The van der Waals surface area contributed by atoms with Crippen molar-refractivity contribution in [1.29, 1.82) is 0 Å². The van der Waals surface area contributed by atoms with Crippen molar-refractivity contribution in [3.8, 4) is 5.75 Å². The van der Waals surface area contributed by atoms with Crippen LogP contribution in [0.5, 0.6) is 5.75 Å². The predicted octanol–water partition coefficient (Wildman–Crippen LogP) is 3.86. The van der Waals surface area contributed by atoms with Crippen LogP contribution in [-0.2, 0) is 9.59 Å². The molecule has 0 unspecified atom stereocenters. The predicted molar refractivity (Wildman–Crippen MR) is 135 cm³/mol. The standard InChI is InChI=1S/C28H27N3O5/c32-24(29-20-9-5-10-21(17-20)36-18-25(33)30-14-1-2-15-30)13-6-16-31-27(34)22-11-3-7-19-8-4-12-23(26(19)22)28(31)35/h3-5,7-12,17H,1-2,6,13-16,18H2,(H,29,32). The van der Waals surface area contributed by atoms with Crippen LogP contribution in [0.2, 0.25) is 0 Å². The van der Waals surface area contributed by atoms with Crippen LogP contribution in [-0.4, -0.2) is 59.7 Å². The Hall–Kier alpha value is -4.20. The minimum Gasteiger partial charge on any atom is -0.484 e. The second-order valence-electron chi connectivity index (χ2n) is 9.03. The molecule has 0 aliphatic carbocycles. The summed E-state index contributed by atoms with van der Waals surface area (Å²) in [6, 6.07) is 17.7. The molecule has 8 nitrogen and oxygen atoms in total. The molecule has 2 heterocycles. The minimum atomic E-state index is -0.335. The van der Waals surface area contributed by atoms with Gasteiger partial charge in [-0.1, -0.05) is 30.3 Å². The molecule has 4 amide bonds. The summed E-state index contributed by atoms with van der Waals surface area (Å²) in [5.41, 5.74) is 1.57. The third-order valence-corrected chi connectivity index (χ3v) is 6.58. The van der Waals surface area contributed by atoms with Gasteiger partial charge in [0, 0.05) is 54.3 Å². The first-order chi connectivity index (χ1) is 17.5. The number of carbonyl (C=O) groups is 4. The average Bonchev–Trinajstić information content (AvgIpc) is 3.43. The summed E-state index contributed by atoms with van der Waals surface area (Å²) in [5, 5.41) is 4.36. The number of anilines is 1. The maximum Gasteiger partial charge on any atom is 0.261 e. The summed E-state index contributed by atoms with van der Waals surface area (Å²) >= 11 is 0. The van der Waals surface area contributed by atoms with Crippen LogP contribution >= 0.6 is 0 Å². The lowest BCUT2D eigenvalue weighted by molar-refractivity contribution is -0.132. The molecular formula is C28H27N3O5. The Kier molecular flexibility index (Phi) is 6.66. The summed E-state index contributed by atoms with van der Waals surface area (Å²) in [5.74, 6) is -0.448. The maximum atomic E-state index is 13.0. The Morgan fingerprint density at radius 3 is 2.25 bits per heavy atom. The molecule has 0 bridgehead atoms. The van der Waals surface area contributed by atoms with E-state index in [1.807, 2.05) is 12.1 Å². The van der Waals surface area contributed by atoms with Crippen LogP contribution in [0.15, 0.2) is 60.7 Å². The Labute approximate surface area is 208 Å². The molecule has 3 aromatic rings. The highest BCUT2D eigenvalue weighted by molar-refractivity contribution is 6.25. The number of rotatable bonds is 8. The van der Waals surface area contributed by atoms with Crippen molar-refractivity contribution in [2.75, 3.05) is 31.6 Å². The van der Waals surface area contributed by atoms with Crippen molar-refractivity contribution in [3.05, 3.63) is 71.8 Å². The van der Waals surface area contributed by atoms with Crippen LogP contribution in [0, 0.1) is 0 Å². The highest BCUT2D eigenvalue weighted by Gasteiger charge is 2.32. The van der Waals surface area contributed by atoms with Gasteiger partial charge in [-0.25, -0.2) is 0 Å². The normalized spacial score (nSPS) is 14.9. The molecule has 5 rings (SSSR count). The van der Waals surface area contributed by atoms with Crippen molar-refractivity contribution in [2.45, 2.75) is 25.7 Å². The Morgan fingerprint density at radius 1 is 0.889 bits per heavy atom. The molecular weight excluding hydrogens is 458 g/mol. The molecule has 36 heavy (non-hydrogen) atoms. The van der Waals surface area contributed by atoms with Gasteiger partial charge < -0.3 is 15.0 Å². The molecule has 1 fully saturated rings. The van der Waals surface area contributed by atoms with E-state index < -0.39 is 0 Å². The summed E-state index contributed by atoms with van der Waals surface area (Å²) < 4.78 is 5.61. The van der Waals surface area contributed by atoms with Crippen molar-refractivity contribution in [1.82, 2.24) is 9.80 Å². The van der Waals surface area contributed by atoms with Gasteiger partial charge in [-0.05, 0) is 48.9 Å². The summed E-state index contributed by atoms with van der Waals surface area (Å²) in [6.07, 6.45) is 2.52. The molecule has 1 saturated heterocycles. The van der Waals surface area contributed by atoms with Crippen molar-refractivity contribution in [3.63, 3.8) is 0 Å². The van der Waals surface area contributed by atoms with Crippen LogP contribution in [0.3, 0.4) is 0 Å². The number of benzene rings is 3. The fourth-order valence-corrected chi connectivity index (χ4v) is 4.77. The monoisotopic (exact) mass is 485 g/mol. The number of amides is 4. The van der Waals surface area contributed by atoms with Crippen LogP contribution in [0.25, 0.3) is 10.8 Å². The summed E-state index contributed by atoms with van der Waals surface area (Å²) in [7, 11) is 0. The molecule has 0 radical (unpaired) electrons. The second kappa shape index (κ2) is 10.2. The topological polar surface area (TPSA) is 96.0 Å². The van der Waals surface area contributed by atoms with E-state index >= 15 is 0 Å². The van der Waals surface area contributed by atoms with Gasteiger partial charge in [0.05, 0.1) is 0 Å². The fourth-order valence-electron chi connectivity index (χ4n) is 4.77. The van der Waals surface area contributed by atoms with Gasteiger partial charge in [-0.3, -0.25) is 24.1 Å². The molecule has 0 spiro atoms. The lowest BCUT2D eigenvalue weighted by Gasteiger charge is -2.27. The van der Waals surface area contributed by atoms with Gasteiger partial charge in [-0.15, -0.1) is 0 Å². The van der Waals surface area contributed by atoms with E-state index in [2.05, 4.69) is 5.32 Å². The Balaban J connectivity index is 1.14. The molecule has 2 aliphatic rings. The zero-order chi connectivity index (χ0) is 25.1. The highest BCUT2D eigenvalue weighted by Crippen LogP contribution is 2.30. The van der Waals surface area contributed by atoms with E-state index in [-0.39, 0.29) is 43.2 Å². The molecule has 0 atom stereocenters. The summed E-state index contributed by atoms with van der Waals surface area (Å²) in [4.78, 5) is 53.7. The molecule has 3 aromatic carbocycles. The van der Waals surface area contributed by atoms with E-state index in [1.165, 1.54) is 4.90 Å². The van der Waals surface area contributed by atoms with E-state index in [0.717, 1.165) is 31.3 Å². The Morgan fingerprint density at radius 2 is 1.56 bits per heavy atom. The Bertz CT molecular complexity index is 1300. The number of hydrogen-bond acceptors (Lipinski definition) is 5. The van der Waals surface area contributed by atoms with Gasteiger partial charge in [0.1, 0.15) is 5.75 Å². The molecule has 1 N–H and O–H groups in total. The van der Waals surface area contributed by atoms with Gasteiger partial charge >= 0.3 is 0 Å². The molecule has 8 heteroatoms.